The van der Waals surface area contributed by atoms with Crippen LogP contribution in [0.15, 0.2) is 74.9 Å². The van der Waals surface area contributed by atoms with Gasteiger partial charge in [-0.1, -0.05) is 161 Å². The third-order valence-electron chi connectivity index (χ3n) is 0.948. The summed E-state index contributed by atoms with van der Waals surface area (Å²) < 4.78 is 0. The monoisotopic (exact) mass is 358 g/mol. The molecule has 0 unspecified atom stereocenters. The summed E-state index contributed by atoms with van der Waals surface area (Å²) in [5, 5.41) is 0. The Kier molecular flexibility index (Phi) is 487. The number of hydrogen-bond donors (Lipinski definition) is 0. The summed E-state index contributed by atoms with van der Waals surface area (Å²) in [6, 6.07) is 0. The lowest BCUT2D eigenvalue weighted by Gasteiger charge is -1.83. The zero-order valence-electron chi connectivity index (χ0n) is 17.5. The first-order chi connectivity index (χ1) is 10.8. The molecule has 0 spiro atoms. The van der Waals surface area contributed by atoms with Crippen LogP contribution >= 0.6 is 0 Å². The molecule has 0 rings (SSSR count). The Bertz CT molecular complexity index is 176. The molecule has 0 atom stereocenters. The van der Waals surface area contributed by atoms with Crippen LogP contribution in [0.5, 0.6) is 0 Å². The highest BCUT2D eigenvalue weighted by molar-refractivity contribution is 5.30. The van der Waals surface area contributed by atoms with Gasteiger partial charge in [-0.25, -0.2) is 0 Å². The van der Waals surface area contributed by atoms with Crippen molar-refractivity contribution in [3.05, 3.63) is 74.9 Å². The van der Waals surface area contributed by atoms with Crippen LogP contribution in [0.4, 0.5) is 0 Å². The van der Waals surface area contributed by atoms with E-state index in [0.29, 0.717) is 0 Å². The molecule has 0 aliphatic rings. The Morgan fingerprint density at radius 1 is 0.440 bits per heavy atom. The van der Waals surface area contributed by atoms with Crippen LogP contribution in [0.3, 0.4) is 0 Å². The summed E-state index contributed by atoms with van der Waals surface area (Å²) in [5.41, 5.74) is 1.00. The minimum atomic E-state index is 0. The summed E-state index contributed by atoms with van der Waals surface area (Å²) in [6.45, 7) is 37.4. The average molecular weight is 359 g/mol. The van der Waals surface area contributed by atoms with Gasteiger partial charge in [0.05, 0.1) is 0 Å². The second-order valence-corrected chi connectivity index (χ2v) is 1.78. The van der Waals surface area contributed by atoms with E-state index in [4.69, 9.17) is 0 Å². The molecule has 158 valence electrons. The Labute approximate surface area is 166 Å². The van der Waals surface area contributed by atoms with Crippen LogP contribution in [0, 0.1) is 0 Å². The van der Waals surface area contributed by atoms with Crippen molar-refractivity contribution in [1.82, 2.24) is 0 Å². The minimum absolute atomic E-state index is 0. The van der Waals surface area contributed by atoms with Crippen LogP contribution in [0.25, 0.3) is 0 Å². The van der Waals surface area contributed by atoms with E-state index in [-0.39, 0.29) is 22.3 Å². The zero-order valence-corrected chi connectivity index (χ0v) is 17.5. The fourth-order valence-corrected chi connectivity index (χ4v) is 0.355. The lowest BCUT2D eigenvalue weighted by atomic mass is 10.2. The molecule has 0 fully saturated rings. The normalized spacial score (nSPS) is 4.24. The van der Waals surface area contributed by atoms with E-state index in [1.807, 2.05) is 75.3 Å². The lowest BCUT2D eigenvalue weighted by Crippen LogP contribution is -1.63. The number of rotatable bonds is 4. The van der Waals surface area contributed by atoms with Gasteiger partial charge in [0.2, 0.25) is 0 Å². The third-order valence-corrected chi connectivity index (χ3v) is 0.948. The Hall–Kier alpha value is -1.56. The Morgan fingerprint density at radius 2 is 0.640 bits per heavy atom. The first kappa shape index (κ1) is 65.3. The van der Waals surface area contributed by atoms with Crippen LogP contribution in [0.2, 0.25) is 0 Å². The van der Waals surface area contributed by atoms with Gasteiger partial charge in [0.1, 0.15) is 0 Å². The zero-order chi connectivity index (χ0) is 19.8. The maximum absolute atomic E-state index is 3.56. The van der Waals surface area contributed by atoms with Gasteiger partial charge in [-0.2, -0.15) is 0 Å². The predicted molar refractivity (Wildman–Crippen MR) is 136 cm³/mol. The fourth-order valence-electron chi connectivity index (χ4n) is 0.355. The molecule has 0 aromatic heterocycles. The van der Waals surface area contributed by atoms with Gasteiger partial charge in [-0.15, -0.1) is 0 Å². The Morgan fingerprint density at radius 3 is 0.680 bits per heavy atom. The molecule has 0 nitrogen and oxygen atoms in total. The molecule has 0 bridgehead atoms. The van der Waals surface area contributed by atoms with Crippen molar-refractivity contribution in [2.24, 2.45) is 0 Å². The molecule has 0 saturated carbocycles. The first-order valence-electron chi connectivity index (χ1n) is 8.57. The van der Waals surface area contributed by atoms with E-state index in [1.165, 1.54) is 0 Å². The van der Waals surface area contributed by atoms with E-state index in [0.717, 1.165) is 5.57 Å². The molecule has 0 amide bonds. The maximum Gasteiger partial charge on any atom is -0.0269 e. The molecule has 0 N–H and O–H groups in total. The van der Waals surface area contributed by atoms with Crippen molar-refractivity contribution in [1.29, 1.82) is 0 Å². The van der Waals surface area contributed by atoms with E-state index in [1.54, 1.807) is 30.4 Å². The van der Waals surface area contributed by atoms with Gasteiger partial charge in [-0.05, 0) is 5.57 Å². The first-order valence-corrected chi connectivity index (χ1v) is 8.57. The molecule has 0 aromatic rings. The molecule has 0 heteroatoms. The standard InChI is InChI=1S/C8H10.C4H6.5C2H6.3CH4/c1-4-7-8(5-2)6-3;1-3-4-2;5*1-2;;;/h4-7H,1-3H2;3-4H,1-2H2;5*1-2H3;3*1H4. The van der Waals surface area contributed by atoms with Gasteiger partial charge >= 0.3 is 0 Å². The van der Waals surface area contributed by atoms with Crippen molar-refractivity contribution in [2.45, 2.75) is 91.5 Å². The van der Waals surface area contributed by atoms with Gasteiger partial charge in [0.15, 0.2) is 0 Å². The van der Waals surface area contributed by atoms with Crippen LogP contribution < -0.4 is 0 Å². The van der Waals surface area contributed by atoms with Gasteiger partial charge in [0, 0.05) is 0 Å². The van der Waals surface area contributed by atoms with Crippen LogP contribution in [0.1, 0.15) is 91.5 Å². The third kappa shape index (κ3) is 226. The largest absolute Gasteiger partial charge is 0.0991 e. The molecular weight excluding hydrogens is 300 g/mol. The molecule has 0 saturated heterocycles. The van der Waals surface area contributed by atoms with Crippen molar-refractivity contribution < 1.29 is 0 Å². The van der Waals surface area contributed by atoms with E-state index >= 15 is 0 Å². The second-order valence-electron chi connectivity index (χ2n) is 1.78. The summed E-state index contributed by atoms with van der Waals surface area (Å²) in [4.78, 5) is 0. The van der Waals surface area contributed by atoms with E-state index < -0.39 is 0 Å². The summed E-state index contributed by atoms with van der Waals surface area (Å²) >= 11 is 0. The van der Waals surface area contributed by atoms with Crippen LogP contribution in [-0.4, -0.2) is 0 Å². The summed E-state index contributed by atoms with van der Waals surface area (Å²) in [6.07, 6.45) is 10.3. The maximum atomic E-state index is 3.56. The summed E-state index contributed by atoms with van der Waals surface area (Å²) in [5.74, 6) is 0. The predicted octanol–water partition coefficient (Wildman–Crippen LogP) is 10.9. The minimum Gasteiger partial charge on any atom is -0.0991 e. The molecule has 0 aliphatic heterocycles. The van der Waals surface area contributed by atoms with E-state index in [9.17, 15) is 0 Å². The van der Waals surface area contributed by atoms with Crippen molar-refractivity contribution >= 4 is 0 Å². The summed E-state index contributed by atoms with van der Waals surface area (Å²) in [7, 11) is 0. The highest BCUT2D eigenvalue weighted by Crippen LogP contribution is 1.94. The van der Waals surface area contributed by atoms with Crippen molar-refractivity contribution in [2.75, 3.05) is 0 Å². The molecule has 0 heterocycles. The topological polar surface area (TPSA) is 0 Å². The van der Waals surface area contributed by atoms with Gasteiger partial charge < -0.3 is 0 Å². The molecule has 25 heavy (non-hydrogen) atoms. The van der Waals surface area contributed by atoms with Crippen molar-refractivity contribution in [3.8, 4) is 0 Å². The number of hydrogen-bond acceptors (Lipinski definition) is 0. The van der Waals surface area contributed by atoms with Gasteiger partial charge in [-0.3, -0.25) is 0 Å². The number of allylic oxidation sites excluding steroid dienone is 7. The quantitative estimate of drug-likeness (QED) is 0.438. The average Bonchev–Trinajstić information content (AvgIpc) is 2.68. The van der Waals surface area contributed by atoms with Crippen LogP contribution in [-0.2, 0) is 0 Å². The Balaban J connectivity index is -0.0000000145. The molecule has 0 aliphatic carbocycles. The molecular formula is C25H58. The van der Waals surface area contributed by atoms with Gasteiger partial charge in [0.25, 0.3) is 0 Å². The SMILES string of the molecule is C.C.C.C=CC=C.C=CC=C(C=C)C=C.CC.CC.CC.CC.CC. The molecule has 0 radical (unpaired) electrons. The molecule has 0 aromatic carbocycles. The lowest BCUT2D eigenvalue weighted by molar-refractivity contribution is 1.50. The highest BCUT2D eigenvalue weighted by Gasteiger charge is 1.73. The smallest absolute Gasteiger partial charge is 0.0269 e. The second kappa shape index (κ2) is 186. The van der Waals surface area contributed by atoms with E-state index in [2.05, 4.69) is 32.9 Å². The van der Waals surface area contributed by atoms with Crippen molar-refractivity contribution in [3.63, 3.8) is 0 Å². The highest BCUT2D eigenvalue weighted by atomic mass is 13.8. The fraction of sp³-hybridized carbons (Fsp3) is 0.520.